The van der Waals surface area contributed by atoms with E-state index in [4.69, 9.17) is 16.3 Å². The molecule has 6 heteroatoms. The summed E-state index contributed by atoms with van der Waals surface area (Å²) in [6, 6.07) is 9.68. The van der Waals surface area contributed by atoms with Crippen molar-refractivity contribution in [2.75, 3.05) is 13.1 Å². The summed E-state index contributed by atoms with van der Waals surface area (Å²) in [5.41, 5.74) is 2.65. The Labute approximate surface area is 173 Å². The number of benzene rings is 2. The average Bonchev–Trinajstić information content (AvgIpc) is 2.95. The molecule has 0 atom stereocenters. The van der Waals surface area contributed by atoms with E-state index in [1.54, 1.807) is 17.0 Å². The standard InChI is InChI=1S/C23H21ClFNO3/c1-3-17(18-6-4-15(24)12-14(18)2)21(27)26-10-8-23(9-11-26)20-7-5-16(25)13-19(20)22(28)29-23/h3-7,12-13H,8-11H2,1-2H3/b17-3+. The second-order valence-corrected chi connectivity index (χ2v) is 7.96. The minimum atomic E-state index is -0.775. The van der Waals surface area contributed by atoms with Gasteiger partial charge in [0.2, 0.25) is 0 Å². The highest BCUT2D eigenvalue weighted by Crippen LogP contribution is 2.44. The van der Waals surface area contributed by atoms with Crippen molar-refractivity contribution in [3.8, 4) is 0 Å². The molecule has 2 aliphatic rings. The number of hydrogen-bond donors (Lipinski definition) is 0. The molecule has 150 valence electrons. The Bertz CT molecular complexity index is 1040. The fourth-order valence-corrected chi connectivity index (χ4v) is 4.53. The molecular weight excluding hydrogens is 393 g/mol. The Hall–Kier alpha value is -2.66. The van der Waals surface area contributed by atoms with Gasteiger partial charge in [0, 0.05) is 42.1 Å². The van der Waals surface area contributed by atoms with E-state index in [0.717, 1.165) is 16.7 Å². The molecule has 1 spiro atoms. The number of likely N-dealkylation sites (tertiary alicyclic amines) is 1. The highest BCUT2D eigenvalue weighted by Gasteiger charge is 2.48. The molecule has 0 radical (unpaired) electrons. The van der Waals surface area contributed by atoms with Crippen molar-refractivity contribution in [3.63, 3.8) is 0 Å². The monoisotopic (exact) mass is 413 g/mol. The molecule has 0 saturated carbocycles. The van der Waals surface area contributed by atoms with Crippen molar-refractivity contribution in [2.24, 2.45) is 0 Å². The van der Waals surface area contributed by atoms with Gasteiger partial charge in [0.15, 0.2) is 0 Å². The van der Waals surface area contributed by atoms with Gasteiger partial charge in [0.05, 0.1) is 5.56 Å². The Balaban J connectivity index is 1.54. The number of amides is 1. The molecule has 0 aromatic heterocycles. The van der Waals surface area contributed by atoms with Crippen molar-refractivity contribution < 1.29 is 18.7 Å². The van der Waals surface area contributed by atoms with Crippen molar-refractivity contribution in [1.82, 2.24) is 4.90 Å². The van der Waals surface area contributed by atoms with E-state index in [1.807, 2.05) is 32.1 Å². The predicted octanol–water partition coefficient (Wildman–Crippen LogP) is 4.88. The fourth-order valence-electron chi connectivity index (χ4n) is 4.31. The molecule has 1 saturated heterocycles. The van der Waals surface area contributed by atoms with E-state index in [1.165, 1.54) is 12.1 Å². The summed E-state index contributed by atoms with van der Waals surface area (Å²) in [5.74, 6) is -1.01. The van der Waals surface area contributed by atoms with Crippen LogP contribution >= 0.6 is 11.6 Å². The van der Waals surface area contributed by atoms with E-state index in [2.05, 4.69) is 0 Å². The van der Waals surface area contributed by atoms with Gasteiger partial charge in [-0.15, -0.1) is 0 Å². The van der Waals surface area contributed by atoms with Gasteiger partial charge in [-0.3, -0.25) is 4.79 Å². The number of rotatable bonds is 2. The highest BCUT2D eigenvalue weighted by atomic mass is 35.5. The van der Waals surface area contributed by atoms with E-state index in [0.29, 0.717) is 36.5 Å². The smallest absolute Gasteiger partial charge is 0.339 e. The first kappa shape index (κ1) is 19.6. The van der Waals surface area contributed by atoms with Crippen LogP contribution in [0.5, 0.6) is 0 Å². The zero-order chi connectivity index (χ0) is 20.8. The zero-order valence-electron chi connectivity index (χ0n) is 16.3. The second kappa shape index (κ2) is 7.30. The number of carbonyl (C=O) groups is 2. The first-order chi connectivity index (χ1) is 13.8. The topological polar surface area (TPSA) is 46.6 Å². The van der Waals surface area contributed by atoms with Crippen LogP contribution in [0.4, 0.5) is 4.39 Å². The van der Waals surface area contributed by atoms with Crippen LogP contribution in [-0.4, -0.2) is 29.9 Å². The third-order valence-corrected chi connectivity index (χ3v) is 6.07. The highest BCUT2D eigenvalue weighted by molar-refractivity contribution is 6.31. The number of halogens is 2. The molecule has 0 aliphatic carbocycles. The number of allylic oxidation sites excluding steroid dienone is 1. The lowest BCUT2D eigenvalue weighted by molar-refractivity contribution is -0.129. The summed E-state index contributed by atoms with van der Waals surface area (Å²) >= 11 is 6.05. The fraction of sp³-hybridized carbons (Fsp3) is 0.304. The van der Waals surface area contributed by atoms with Gasteiger partial charge < -0.3 is 9.64 Å². The van der Waals surface area contributed by atoms with Gasteiger partial charge in [-0.2, -0.15) is 0 Å². The number of piperidine rings is 1. The minimum absolute atomic E-state index is 0.0589. The molecule has 29 heavy (non-hydrogen) atoms. The first-order valence-corrected chi connectivity index (χ1v) is 9.98. The first-order valence-electron chi connectivity index (χ1n) is 9.60. The number of esters is 1. The maximum atomic E-state index is 13.5. The summed E-state index contributed by atoms with van der Waals surface area (Å²) in [4.78, 5) is 27.2. The normalized spacial score (nSPS) is 18.0. The summed E-state index contributed by atoms with van der Waals surface area (Å²) in [5, 5.41) is 0.632. The molecule has 2 aromatic rings. The number of ether oxygens (including phenoxy) is 1. The second-order valence-electron chi connectivity index (χ2n) is 7.53. The van der Waals surface area contributed by atoms with E-state index in [9.17, 15) is 14.0 Å². The van der Waals surface area contributed by atoms with Crippen LogP contribution in [0.2, 0.25) is 5.02 Å². The molecule has 1 fully saturated rings. The zero-order valence-corrected chi connectivity index (χ0v) is 17.1. The number of nitrogens with zero attached hydrogens (tertiary/aromatic N) is 1. The van der Waals surface area contributed by atoms with Crippen LogP contribution in [0.1, 0.15) is 46.8 Å². The van der Waals surface area contributed by atoms with Crippen LogP contribution < -0.4 is 0 Å². The Morgan fingerprint density at radius 1 is 1.21 bits per heavy atom. The van der Waals surface area contributed by atoms with Gasteiger partial charge in [-0.1, -0.05) is 29.8 Å². The summed E-state index contributed by atoms with van der Waals surface area (Å²) < 4.78 is 19.2. The van der Waals surface area contributed by atoms with Crippen LogP contribution in [-0.2, 0) is 15.1 Å². The van der Waals surface area contributed by atoms with Crippen molar-refractivity contribution in [1.29, 1.82) is 0 Å². The van der Waals surface area contributed by atoms with Gasteiger partial charge in [0.25, 0.3) is 5.91 Å². The maximum Gasteiger partial charge on any atom is 0.339 e. The number of hydrogen-bond acceptors (Lipinski definition) is 3. The van der Waals surface area contributed by atoms with Crippen molar-refractivity contribution >= 4 is 29.1 Å². The van der Waals surface area contributed by atoms with Gasteiger partial charge in [0.1, 0.15) is 11.4 Å². The predicted molar refractivity (Wildman–Crippen MR) is 109 cm³/mol. The van der Waals surface area contributed by atoms with Gasteiger partial charge >= 0.3 is 5.97 Å². The molecule has 2 heterocycles. The number of aryl methyl sites for hydroxylation is 1. The maximum absolute atomic E-state index is 13.5. The lowest BCUT2D eigenvalue weighted by Gasteiger charge is -2.39. The third kappa shape index (κ3) is 3.33. The van der Waals surface area contributed by atoms with Gasteiger partial charge in [-0.05, 0) is 49.2 Å². The third-order valence-electron chi connectivity index (χ3n) is 5.84. The summed E-state index contributed by atoms with van der Waals surface area (Å²) in [6.45, 7) is 4.67. The lowest BCUT2D eigenvalue weighted by atomic mass is 9.83. The van der Waals surface area contributed by atoms with Gasteiger partial charge in [-0.25, -0.2) is 9.18 Å². The SMILES string of the molecule is C/C=C(/C(=O)N1CCC2(CC1)OC(=O)c1cc(F)ccc12)c1ccc(Cl)cc1C. The van der Waals surface area contributed by atoms with Crippen LogP contribution in [0, 0.1) is 12.7 Å². The largest absolute Gasteiger partial charge is 0.450 e. The van der Waals surface area contributed by atoms with E-state index in [-0.39, 0.29) is 11.5 Å². The minimum Gasteiger partial charge on any atom is -0.450 e. The van der Waals surface area contributed by atoms with Crippen LogP contribution in [0.3, 0.4) is 0 Å². The lowest BCUT2D eigenvalue weighted by Crippen LogP contribution is -2.45. The van der Waals surface area contributed by atoms with E-state index >= 15 is 0 Å². The summed E-state index contributed by atoms with van der Waals surface area (Å²) in [6.07, 6.45) is 2.79. The molecule has 1 amide bonds. The average molecular weight is 414 g/mol. The Morgan fingerprint density at radius 3 is 2.59 bits per heavy atom. The van der Waals surface area contributed by atoms with Crippen LogP contribution in [0.25, 0.3) is 5.57 Å². The molecule has 2 aliphatic heterocycles. The number of carbonyl (C=O) groups excluding carboxylic acids is 2. The van der Waals surface area contributed by atoms with Crippen molar-refractivity contribution in [2.45, 2.75) is 32.3 Å². The molecule has 0 bridgehead atoms. The molecule has 4 rings (SSSR count). The number of fused-ring (bicyclic) bond motifs is 2. The Kier molecular flexibility index (Phi) is 4.95. The summed E-state index contributed by atoms with van der Waals surface area (Å²) in [7, 11) is 0. The Morgan fingerprint density at radius 2 is 1.93 bits per heavy atom. The molecular formula is C23H21ClFNO3. The van der Waals surface area contributed by atoms with Crippen LogP contribution in [0.15, 0.2) is 42.5 Å². The molecule has 0 unspecified atom stereocenters. The van der Waals surface area contributed by atoms with E-state index < -0.39 is 17.4 Å². The molecule has 4 nitrogen and oxygen atoms in total. The quantitative estimate of drug-likeness (QED) is 0.520. The molecule has 2 aromatic carbocycles. The molecule has 0 N–H and O–H groups in total. The van der Waals surface area contributed by atoms with Crippen molar-refractivity contribution in [3.05, 3.63) is 75.6 Å².